The number of hydrogen-bond acceptors (Lipinski definition) is 5. The van der Waals surface area contributed by atoms with Gasteiger partial charge in [-0.1, -0.05) is 42.5 Å². The highest BCUT2D eigenvalue weighted by molar-refractivity contribution is 5.80. The highest BCUT2D eigenvalue weighted by Gasteiger charge is 2.19. The van der Waals surface area contributed by atoms with E-state index in [0.717, 1.165) is 77.2 Å². The third-order valence-electron chi connectivity index (χ3n) is 6.44. The molecule has 7 nitrogen and oxygen atoms in total. The van der Waals surface area contributed by atoms with Gasteiger partial charge in [-0.15, -0.1) is 0 Å². The van der Waals surface area contributed by atoms with Gasteiger partial charge in [-0.3, -0.25) is 9.89 Å². The van der Waals surface area contributed by atoms with Crippen LogP contribution in [0.4, 0.5) is 5.82 Å². The standard InChI is InChI=1S/C26H37N7/c1-27-26(29-22-24-10-11-28-25(21-24)32-17-13-30(2)14-18-32)33-19-15-31(16-20-33)12-6-9-23-7-4-3-5-8-23/h3-11,21H,12-20,22H2,1-2H3,(H,27,29)/b9-6+. The Bertz CT molecular complexity index is 911. The summed E-state index contributed by atoms with van der Waals surface area (Å²) in [5, 5.41) is 3.56. The third-order valence-corrected chi connectivity index (χ3v) is 6.44. The second-order valence-corrected chi connectivity index (χ2v) is 8.81. The summed E-state index contributed by atoms with van der Waals surface area (Å²) < 4.78 is 0. The fraction of sp³-hybridized carbons (Fsp3) is 0.462. The van der Waals surface area contributed by atoms with Crippen LogP contribution < -0.4 is 10.2 Å². The van der Waals surface area contributed by atoms with Crippen LogP contribution in [-0.4, -0.2) is 98.6 Å². The van der Waals surface area contributed by atoms with E-state index in [1.54, 1.807) is 0 Å². The van der Waals surface area contributed by atoms with E-state index in [1.807, 2.05) is 13.2 Å². The predicted octanol–water partition coefficient (Wildman–Crippen LogP) is 2.24. The molecule has 1 aromatic heterocycles. The lowest BCUT2D eigenvalue weighted by molar-refractivity contribution is 0.194. The number of anilines is 1. The average molecular weight is 448 g/mol. The molecule has 2 aliphatic rings. The minimum atomic E-state index is 0.760. The molecule has 0 aliphatic carbocycles. The van der Waals surface area contributed by atoms with Gasteiger partial charge in [-0.2, -0.15) is 0 Å². The first kappa shape index (κ1) is 23.3. The second kappa shape index (κ2) is 11.8. The average Bonchev–Trinajstić information content (AvgIpc) is 2.86. The lowest BCUT2D eigenvalue weighted by Gasteiger charge is -2.36. The van der Waals surface area contributed by atoms with Crippen LogP contribution in [0.2, 0.25) is 0 Å². The first-order valence-electron chi connectivity index (χ1n) is 12.0. The SMILES string of the molecule is CN=C(NCc1ccnc(N2CCN(C)CC2)c1)N1CCN(C/C=C/c2ccccc2)CC1. The molecule has 2 saturated heterocycles. The molecule has 7 heteroatoms. The number of aromatic nitrogens is 1. The molecule has 0 saturated carbocycles. The van der Waals surface area contributed by atoms with Gasteiger partial charge in [0.05, 0.1) is 0 Å². The fourth-order valence-electron chi connectivity index (χ4n) is 4.34. The molecule has 1 aromatic carbocycles. The molecular weight excluding hydrogens is 410 g/mol. The summed E-state index contributed by atoms with van der Waals surface area (Å²) in [6.07, 6.45) is 6.40. The summed E-state index contributed by atoms with van der Waals surface area (Å²) in [7, 11) is 4.05. The molecule has 2 aliphatic heterocycles. The van der Waals surface area contributed by atoms with Crippen molar-refractivity contribution in [3.63, 3.8) is 0 Å². The lowest BCUT2D eigenvalue weighted by atomic mass is 10.2. The van der Waals surface area contributed by atoms with Crippen molar-refractivity contribution in [3.05, 3.63) is 65.9 Å². The summed E-state index contributed by atoms with van der Waals surface area (Å²) in [5.41, 5.74) is 2.50. The first-order valence-corrected chi connectivity index (χ1v) is 12.0. The van der Waals surface area contributed by atoms with Crippen molar-refractivity contribution in [1.82, 2.24) is 25.0 Å². The first-order chi connectivity index (χ1) is 16.2. The van der Waals surface area contributed by atoms with E-state index in [9.17, 15) is 0 Å². The van der Waals surface area contributed by atoms with Crippen LogP contribution in [0.5, 0.6) is 0 Å². The largest absolute Gasteiger partial charge is 0.354 e. The Labute approximate surface area is 198 Å². The Morgan fingerprint density at radius 1 is 1.00 bits per heavy atom. The number of likely N-dealkylation sites (N-methyl/N-ethyl adjacent to an activating group) is 1. The molecule has 0 unspecified atom stereocenters. The van der Waals surface area contributed by atoms with Crippen LogP contribution in [0.1, 0.15) is 11.1 Å². The van der Waals surface area contributed by atoms with Crippen molar-refractivity contribution in [1.29, 1.82) is 0 Å². The van der Waals surface area contributed by atoms with Crippen LogP contribution in [0.3, 0.4) is 0 Å². The van der Waals surface area contributed by atoms with Crippen LogP contribution in [0.25, 0.3) is 6.08 Å². The Balaban J connectivity index is 1.23. The number of pyridine rings is 1. The van der Waals surface area contributed by atoms with Gasteiger partial charge in [0.25, 0.3) is 0 Å². The van der Waals surface area contributed by atoms with Crippen molar-refractivity contribution in [3.8, 4) is 0 Å². The lowest BCUT2D eigenvalue weighted by Crippen LogP contribution is -2.52. The topological polar surface area (TPSA) is 50.2 Å². The molecule has 0 radical (unpaired) electrons. The molecule has 2 aromatic rings. The monoisotopic (exact) mass is 447 g/mol. The van der Waals surface area contributed by atoms with E-state index in [0.29, 0.717) is 0 Å². The summed E-state index contributed by atoms with van der Waals surface area (Å²) in [6, 6.07) is 14.8. The van der Waals surface area contributed by atoms with Gasteiger partial charge in [0.1, 0.15) is 5.82 Å². The number of hydrogen-bond donors (Lipinski definition) is 1. The summed E-state index contributed by atoms with van der Waals surface area (Å²) in [5.74, 6) is 2.06. The Morgan fingerprint density at radius 2 is 1.76 bits per heavy atom. The maximum absolute atomic E-state index is 4.61. The van der Waals surface area contributed by atoms with E-state index in [1.165, 1.54) is 11.1 Å². The number of nitrogens with zero attached hydrogens (tertiary/aromatic N) is 6. The number of rotatable bonds is 6. The fourth-order valence-corrected chi connectivity index (χ4v) is 4.34. The summed E-state index contributed by atoms with van der Waals surface area (Å²) >= 11 is 0. The summed E-state index contributed by atoms with van der Waals surface area (Å²) in [4.78, 5) is 18.7. The zero-order chi connectivity index (χ0) is 22.9. The van der Waals surface area contributed by atoms with Crippen molar-refractivity contribution in [2.45, 2.75) is 6.54 Å². The van der Waals surface area contributed by atoms with E-state index in [4.69, 9.17) is 0 Å². The number of guanidine groups is 1. The van der Waals surface area contributed by atoms with Crippen molar-refractivity contribution in [2.24, 2.45) is 4.99 Å². The third kappa shape index (κ3) is 6.79. The molecule has 0 bridgehead atoms. The maximum atomic E-state index is 4.61. The van der Waals surface area contributed by atoms with Gasteiger partial charge in [-0.05, 0) is 30.3 Å². The second-order valence-electron chi connectivity index (χ2n) is 8.81. The molecule has 0 atom stereocenters. The Kier molecular flexibility index (Phi) is 8.33. The van der Waals surface area contributed by atoms with Gasteiger partial charge >= 0.3 is 0 Å². The van der Waals surface area contributed by atoms with Crippen LogP contribution in [-0.2, 0) is 6.54 Å². The Morgan fingerprint density at radius 3 is 2.48 bits per heavy atom. The Hall–Kier alpha value is -2.90. The van der Waals surface area contributed by atoms with E-state index >= 15 is 0 Å². The molecular formula is C26H37N7. The normalized spacial score (nSPS) is 18.8. The van der Waals surface area contributed by atoms with Crippen LogP contribution in [0, 0.1) is 0 Å². The molecule has 0 spiro atoms. The van der Waals surface area contributed by atoms with Crippen molar-refractivity contribution in [2.75, 3.05) is 77.9 Å². The van der Waals surface area contributed by atoms with Crippen LogP contribution in [0.15, 0.2) is 59.7 Å². The number of piperazine rings is 2. The zero-order valence-electron chi connectivity index (χ0n) is 20.0. The zero-order valence-corrected chi connectivity index (χ0v) is 20.0. The molecule has 1 N–H and O–H groups in total. The molecule has 0 amide bonds. The van der Waals surface area contributed by atoms with Gasteiger partial charge < -0.3 is 20.0 Å². The minimum Gasteiger partial charge on any atom is -0.354 e. The van der Waals surface area contributed by atoms with E-state index < -0.39 is 0 Å². The molecule has 2 fully saturated rings. The minimum absolute atomic E-state index is 0.760. The van der Waals surface area contributed by atoms with Gasteiger partial charge in [0, 0.05) is 78.7 Å². The maximum Gasteiger partial charge on any atom is 0.194 e. The highest BCUT2D eigenvalue weighted by Crippen LogP contribution is 2.15. The quantitative estimate of drug-likeness (QED) is 0.542. The van der Waals surface area contributed by atoms with E-state index in [-0.39, 0.29) is 0 Å². The molecule has 3 heterocycles. The van der Waals surface area contributed by atoms with Gasteiger partial charge in [0.15, 0.2) is 5.96 Å². The number of nitrogens with one attached hydrogen (secondary N) is 1. The van der Waals surface area contributed by atoms with Gasteiger partial charge in [0.2, 0.25) is 0 Å². The molecule has 176 valence electrons. The van der Waals surface area contributed by atoms with E-state index in [2.05, 4.69) is 96.6 Å². The molecule has 4 rings (SSSR count). The smallest absolute Gasteiger partial charge is 0.194 e. The van der Waals surface area contributed by atoms with Crippen LogP contribution >= 0.6 is 0 Å². The van der Waals surface area contributed by atoms with Gasteiger partial charge in [-0.25, -0.2) is 4.98 Å². The highest BCUT2D eigenvalue weighted by atomic mass is 15.3. The van der Waals surface area contributed by atoms with Crippen molar-refractivity contribution < 1.29 is 0 Å². The summed E-state index contributed by atoms with van der Waals surface area (Å²) in [6.45, 7) is 10.1. The number of aliphatic imine (C=N–C) groups is 1. The predicted molar refractivity (Wildman–Crippen MR) is 138 cm³/mol. The molecule has 33 heavy (non-hydrogen) atoms. The van der Waals surface area contributed by atoms with Crippen molar-refractivity contribution >= 4 is 17.9 Å². The number of benzene rings is 1.